The van der Waals surface area contributed by atoms with E-state index in [-0.39, 0.29) is 6.04 Å². The van der Waals surface area contributed by atoms with Crippen molar-refractivity contribution in [2.75, 3.05) is 19.8 Å². The molecule has 0 aromatic carbocycles. The number of imidazole rings is 1. The molecule has 1 aliphatic heterocycles. The summed E-state index contributed by atoms with van der Waals surface area (Å²) in [7, 11) is 0. The van der Waals surface area contributed by atoms with E-state index in [9.17, 15) is 0 Å². The first-order valence-electron chi connectivity index (χ1n) is 6.48. The van der Waals surface area contributed by atoms with Gasteiger partial charge in [-0.2, -0.15) is 0 Å². The minimum atomic E-state index is 0.152. The van der Waals surface area contributed by atoms with Crippen LogP contribution < -0.4 is 0 Å². The molecule has 6 heteroatoms. The van der Waals surface area contributed by atoms with Crippen molar-refractivity contribution < 1.29 is 9.26 Å². The third-order valence-electron chi connectivity index (χ3n) is 3.32. The maximum Gasteiger partial charge on any atom is 0.133 e. The Morgan fingerprint density at radius 1 is 1.47 bits per heavy atom. The molecule has 0 spiro atoms. The highest BCUT2D eigenvalue weighted by molar-refractivity contribution is 5.07. The maximum absolute atomic E-state index is 5.57. The van der Waals surface area contributed by atoms with Gasteiger partial charge in [-0.1, -0.05) is 5.16 Å². The zero-order chi connectivity index (χ0) is 13.2. The third kappa shape index (κ3) is 2.69. The van der Waals surface area contributed by atoms with E-state index in [0.29, 0.717) is 6.61 Å². The van der Waals surface area contributed by atoms with Crippen LogP contribution >= 0.6 is 0 Å². The molecule has 0 aliphatic carbocycles. The lowest BCUT2D eigenvalue weighted by Gasteiger charge is -2.33. The van der Waals surface area contributed by atoms with Gasteiger partial charge in [-0.3, -0.25) is 4.90 Å². The van der Waals surface area contributed by atoms with Crippen LogP contribution in [0, 0.1) is 13.8 Å². The Bertz CT molecular complexity index is 548. The number of morpholine rings is 1. The van der Waals surface area contributed by atoms with Crippen molar-refractivity contribution in [3.63, 3.8) is 0 Å². The van der Waals surface area contributed by atoms with Crippen molar-refractivity contribution in [1.29, 1.82) is 0 Å². The lowest BCUT2D eigenvalue weighted by molar-refractivity contribution is -0.0165. The highest BCUT2D eigenvalue weighted by Crippen LogP contribution is 2.23. The van der Waals surface area contributed by atoms with Crippen molar-refractivity contribution in [2.24, 2.45) is 0 Å². The molecule has 19 heavy (non-hydrogen) atoms. The second kappa shape index (κ2) is 5.14. The number of rotatable bonds is 3. The molecule has 3 heterocycles. The van der Waals surface area contributed by atoms with Gasteiger partial charge in [-0.25, -0.2) is 4.98 Å². The van der Waals surface area contributed by atoms with Gasteiger partial charge in [-0.05, 0) is 13.8 Å². The smallest absolute Gasteiger partial charge is 0.133 e. The number of hydrogen-bond donors (Lipinski definition) is 1. The molecule has 102 valence electrons. The Morgan fingerprint density at radius 3 is 3.05 bits per heavy atom. The Labute approximate surface area is 111 Å². The Morgan fingerprint density at radius 2 is 2.37 bits per heavy atom. The van der Waals surface area contributed by atoms with Gasteiger partial charge in [0.25, 0.3) is 0 Å². The Kier molecular flexibility index (Phi) is 3.35. The molecular weight excluding hydrogens is 244 g/mol. The quantitative estimate of drug-likeness (QED) is 0.909. The van der Waals surface area contributed by atoms with E-state index in [2.05, 4.69) is 20.0 Å². The average Bonchev–Trinajstić information content (AvgIpc) is 2.99. The van der Waals surface area contributed by atoms with Crippen molar-refractivity contribution >= 4 is 0 Å². The van der Waals surface area contributed by atoms with Crippen LogP contribution in [0.5, 0.6) is 0 Å². The van der Waals surface area contributed by atoms with Crippen LogP contribution in [0.4, 0.5) is 0 Å². The summed E-state index contributed by atoms with van der Waals surface area (Å²) >= 11 is 0. The summed E-state index contributed by atoms with van der Waals surface area (Å²) in [4.78, 5) is 10.0. The van der Waals surface area contributed by atoms with Crippen molar-refractivity contribution in [3.8, 4) is 0 Å². The molecule has 1 saturated heterocycles. The monoisotopic (exact) mass is 262 g/mol. The van der Waals surface area contributed by atoms with E-state index >= 15 is 0 Å². The zero-order valence-corrected chi connectivity index (χ0v) is 11.2. The topological polar surface area (TPSA) is 67.2 Å². The zero-order valence-electron chi connectivity index (χ0n) is 11.2. The summed E-state index contributed by atoms with van der Waals surface area (Å²) in [5.41, 5.74) is 2.02. The molecule has 2 aromatic heterocycles. The van der Waals surface area contributed by atoms with E-state index in [1.165, 1.54) is 0 Å². The number of aryl methyl sites for hydroxylation is 2. The average molecular weight is 262 g/mol. The Balaban J connectivity index is 1.77. The number of ether oxygens (including phenoxy) is 1. The number of aromatic nitrogens is 3. The van der Waals surface area contributed by atoms with E-state index in [1.807, 2.05) is 26.1 Å². The normalized spacial score (nSPS) is 20.8. The molecule has 0 saturated carbocycles. The minimum absolute atomic E-state index is 0.152. The molecule has 3 rings (SSSR count). The summed E-state index contributed by atoms with van der Waals surface area (Å²) in [6.45, 7) is 6.94. The fourth-order valence-corrected chi connectivity index (χ4v) is 2.38. The van der Waals surface area contributed by atoms with Crippen LogP contribution in [-0.2, 0) is 11.3 Å². The third-order valence-corrected chi connectivity index (χ3v) is 3.32. The first-order valence-corrected chi connectivity index (χ1v) is 6.48. The van der Waals surface area contributed by atoms with Crippen LogP contribution in [0.25, 0.3) is 0 Å². The predicted octanol–water partition coefficient (Wildman–Crippen LogP) is 1.59. The highest BCUT2D eigenvalue weighted by atomic mass is 16.5. The summed E-state index contributed by atoms with van der Waals surface area (Å²) in [6.07, 6.45) is 1.85. The molecule has 2 aromatic rings. The van der Waals surface area contributed by atoms with Crippen LogP contribution in [0.1, 0.15) is 29.0 Å². The maximum atomic E-state index is 5.57. The van der Waals surface area contributed by atoms with Gasteiger partial charge in [0.2, 0.25) is 0 Å². The van der Waals surface area contributed by atoms with Gasteiger partial charge >= 0.3 is 0 Å². The molecule has 0 bridgehead atoms. The molecule has 6 nitrogen and oxygen atoms in total. The summed E-state index contributed by atoms with van der Waals surface area (Å²) in [5, 5.41) is 4.06. The lowest BCUT2D eigenvalue weighted by atomic mass is 10.2. The van der Waals surface area contributed by atoms with Crippen molar-refractivity contribution in [1.82, 2.24) is 20.0 Å². The number of aromatic amines is 1. The molecule has 0 radical (unpaired) electrons. The van der Waals surface area contributed by atoms with Crippen LogP contribution in [-0.4, -0.2) is 39.8 Å². The van der Waals surface area contributed by atoms with Crippen LogP contribution in [0.2, 0.25) is 0 Å². The van der Waals surface area contributed by atoms with E-state index < -0.39 is 0 Å². The van der Waals surface area contributed by atoms with Crippen molar-refractivity contribution in [3.05, 3.63) is 35.2 Å². The first-order chi connectivity index (χ1) is 9.22. The van der Waals surface area contributed by atoms with Crippen LogP contribution in [0.3, 0.4) is 0 Å². The SMILES string of the molecule is Cc1cnc([C@H]2COCCN2Cc2cc(C)on2)[nH]1. The lowest BCUT2D eigenvalue weighted by Crippen LogP contribution is -2.39. The van der Waals surface area contributed by atoms with Crippen LogP contribution in [0.15, 0.2) is 16.8 Å². The van der Waals surface area contributed by atoms with E-state index in [1.54, 1.807) is 0 Å². The molecular formula is C13H18N4O2. The first kappa shape index (κ1) is 12.4. The fourth-order valence-electron chi connectivity index (χ4n) is 2.38. The number of hydrogen-bond acceptors (Lipinski definition) is 5. The van der Waals surface area contributed by atoms with E-state index in [4.69, 9.17) is 9.26 Å². The predicted molar refractivity (Wildman–Crippen MR) is 68.5 cm³/mol. The largest absolute Gasteiger partial charge is 0.378 e. The Hall–Kier alpha value is -1.66. The van der Waals surface area contributed by atoms with E-state index in [0.717, 1.165) is 42.7 Å². The molecule has 1 aliphatic rings. The summed E-state index contributed by atoms with van der Waals surface area (Å²) in [5.74, 6) is 1.80. The molecule has 0 unspecified atom stereocenters. The fraction of sp³-hybridized carbons (Fsp3) is 0.538. The number of nitrogens with one attached hydrogen (secondary N) is 1. The molecule has 0 amide bonds. The van der Waals surface area contributed by atoms with Gasteiger partial charge in [0.05, 0.1) is 24.9 Å². The van der Waals surface area contributed by atoms with Gasteiger partial charge in [0.15, 0.2) is 0 Å². The van der Waals surface area contributed by atoms with Gasteiger partial charge in [-0.15, -0.1) is 0 Å². The van der Waals surface area contributed by atoms with Crippen molar-refractivity contribution in [2.45, 2.75) is 26.4 Å². The number of nitrogens with zero attached hydrogens (tertiary/aromatic N) is 3. The molecule has 1 N–H and O–H groups in total. The second-order valence-corrected chi connectivity index (χ2v) is 4.94. The van der Waals surface area contributed by atoms with Gasteiger partial charge < -0.3 is 14.2 Å². The molecule has 1 atom stereocenters. The summed E-state index contributed by atoms with van der Waals surface area (Å²) in [6, 6.07) is 2.12. The summed E-state index contributed by atoms with van der Waals surface area (Å²) < 4.78 is 10.7. The second-order valence-electron chi connectivity index (χ2n) is 4.94. The molecule has 1 fully saturated rings. The minimum Gasteiger partial charge on any atom is -0.378 e. The standard InChI is InChI=1S/C13H18N4O2/c1-9-6-14-13(15-9)12-8-18-4-3-17(12)7-11-5-10(2)19-16-11/h5-6,12H,3-4,7-8H2,1-2H3,(H,14,15)/t12-/m1/s1. The van der Waals surface area contributed by atoms with Gasteiger partial charge in [0, 0.05) is 31.0 Å². The van der Waals surface area contributed by atoms with Gasteiger partial charge in [0.1, 0.15) is 11.6 Å². The highest BCUT2D eigenvalue weighted by Gasteiger charge is 2.27. The number of H-pyrrole nitrogens is 1.